The molecular formula is C18H21N5O. The quantitative estimate of drug-likeness (QED) is 0.738. The van der Waals surface area contributed by atoms with Gasteiger partial charge >= 0.3 is 0 Å². The maximum absolute atomic E-state index is 12.8. The molecule has 0 aromatic carbocycles. The van der Waals surface area contributed by atoms with E-state index in [4.69, 9.17) is 0 Å². The van der Waals surface area contributed by atoms with Crippen LogP contribution in [0.2, 0.25) is 0 Å². The van der Waals surface area contributed by atoms with Crippen molar-refractivity contribution in [3.05, 3.63) is 54.2 Å². The number of carbonyl (C=O) groups excluding carboxylic acids is 1. The summed E-state index contributed by atoms with van der Waals surface area (Å²) in [5, 5.41) is 4.26. The van der Waals surface area contributed by atoms with E-state index < -0.39 is 0 Å². The molecule has 1 aliphatic rings. The van der Waals surface area contributed by atoms with Crippen molar-refractivity contribution in [2.24, 2.45) is 0 Å². The highest BCUT2D eigenvalue weighted by molar-refractivity contribution is 5.79. The minimum Gasteiger partial charge on any atom is -0.338 e. The first-order valence-corrected chi connectivity index (χ1v) is 8.41. The van der Waals surface area contributed by atoms with Gasteiger partial charge in [0.25, 0.3) is 0 Å². The Morgan fingerprint density at radius 1 is 1.33 bits per heavy atom. The second kappa shape index (κ2) is 6.11. The van der Waals surface area contributed by atoms with E-state index >= 15 is 0 Å². The molecule has 0 spiro atoms. The molecule has 3 aromatic rings. The fraction of sp³-hybridized carbons (Fsp3) is 0.389. The number of amides is 1. The van der Waals surface area contributed by atoms with Crippen molar-refractivity contribution in [1.29, 1.82) is 0 Å². The fourth-order valence-corrected chi connectivity index (χ4v) is 3.52. The minimum atomic E-state index is 0.158. The molecule has 1 amide bonds. The number of likely N-dealkylation sites (tertiary alicyclic amines) is 1. The molecule has 1 fully saturated rings. The van der Waals surface area contributed by atoms with Gasteiger partial charge in [-0.05, 0) is 37.5 Å². The van der Waals surface area contributed by atoms with E-state index in [2.05, 4.69) is 10.1 Å². The third-order valence-corrected chi connectivity index (χ3v) is 4.71. The SMILES string of the molecule is Cc1cccn2cc(CC(=O)N3CCC[C@@H]3Cn3cccn3)nc12. The van der Waals surface area contributed by atoms with Crippen molar-refractivity contribution in [2.45, 2.75) is 38.8 Å². The zero-order valence-corrected chi connectivity index (χ0v) is 13.8. The second-order valence-corrected chi connectivity index (χ2v) is 6.44. The molecule has 6 heteroatoms. The molecule has 0 saturated carbocycles. The summed E-state index contributed by atoms with van der Waals surface area (Å²) in [4.78, 5) is 19.4. The van der Waals surface area contributed by atoms with E-state index in [1.54, 1.807) is 6.20 Å². The molecule has 0 N–H and O–H groups in total. The zero-order chi connectivity index (χ0) is 16.5. The van der Waals surface area contributed by atoms with E-state index in [0.29, 0.717) is 6.42 Å². The molecule has 0 unspecified atom stereocenters. The van der Waals surface area contributed by atoms with Gasteiger partial charge in [0.15, 0.2) is 0 Å². The second-order valence-electron chi connectivity index (χ2n) is 6.44. The van der Waals surface area contributed by atoms with Crippen LogP contribution in [0.25, 0.3) is 5.65 Å². The first-order chi connectivity index (χ1) is 11.7. The zero-order valence-electron chi connectivity index (χ0n) is 13.8. The highest BCUT2D eigenvalue weighted by atomic mass is 16.2. The number of pyridine rings is 1. The number of carbonyl (C=O) groups is 1. The third-order valence-electron chi connectivity index (χ3n) is 4.71. The van der Waals surface area contributed by atoms with Crippen LogP contribution in [0, 0.1) is 6.92 Å². The topological polar surface area (TPSA) is 55.4 Å². The van der Waals surface area contributed by atoms with Crippen molar-refractivity contribution in [3.8, 4) is 0 Å². The fourth-order valence-electron chi connectivity index (χ4n) is 3.52. The summed E-state index contributed by atoms with van der Waals surface area (Å²) >= 11 is 0. The van der Waals surface area contributed by atoms with Crippen LogP contribution in [0.5, 0.6) is 0 Å². The van der Waals surface area contributed by atoms with Crippen LogP contribution in [0.4, 0.5) is 0 Å². The average Bonchev–Trinajstić information content (AvgIpc) is 3.28. The van der Waals surface area contributed by atoms with Crippen LogP contribution in [-0.4, -0.2) is 42.6 Å². The molecule has 0 radical (unpaired) electrons. The van der Waals surface area contributed by atoms with E-state index in [1.807, 2.05) is 57.7 Å². The number of imidazole rings is 1. The lowest BCUT2D eigenvalue weighted by Gasteiger charge is -2.24. The number of fused-ring (bicyclic) bond motifs is 1. The summed E-state index contributed by atoms with van der Waals surface area (Å²) in [6.45, 7) is 3.63. The monoisotopic (exact) mass is 323 g/mol. The first kappa shape index (κ1) is 14.9. The number of hydrogen-bond acceptors (Lipinski definition) is 3. The molecule has 1 saturated heterocycles. The Kier molecular flexibility index (Phi) is 3.80. The average molecular weight is 323 g/mol. The van der Waals surface area contributed by atoms with E-state index in [1.165, 1.54) is 0 Å². The highest BCUT2D eigenvalue weighted by Gasteiger charge is 2.29. The van der Waals surface area contributed by atoms with Crippen molar-refractivity contribution >= 4 is 11.6 Å². The van der Waals surface area contributed by atoms with Crippen LogP contribution < -0.4 is 0 Å². The molecule has 24 heavy (non-hydrogen) atoms. The lowest BCUT2D eigenvalue weighted by atomic mass is 10.2. The Labute approximate surface area is 140 Å². The van der Waals surface area contributed by atoms with Crippen LogP contribution >= 0.6 is 0 Å². The maximum atomic E-state index is 12.8. The Morgan fingerprint density at radius 2 is 2.25 bits per heavy atom. The van der Waals surface area contributed by atoms with Crippen molar-refractivity contribution in [1.82, 2.24) is 24.1 Å². The Bertz CT molecular complexity index is 852. The molecular weight excluding hydrogens is 302 g/mol. The number of aryl methyl sites for hydroxylation is 1. The van der Waals surface area contributed by atoms with Gasteiger partial charge in [-0.2, -0.15) is 5.10 Å². The van der Waals surface area contributed by atoms with Gasteiger partial charge in [-0.25, -0.2) is 4.98 Å². The molecule has 0 aliphatic carbocycles. The van der Waals surface area contributed by atoms with Crippen molar-refractivity contribution in [2.75, 3.05) is 6.54 Å². The standard InChI is InChI=1S/C18H21N5O/c1-14-5-2-8-21-12-15(20-18(14)21)11-17(24)23-10-3-6-16(23)13-22-9-4-7-19-22/h2,4-5,7-9,12,16H,3,6,10-11,13H2,1H3/t16-/m1/s1. The number of rotatable bonds is 4. The minimum absolute atomic E-state index is 0.158. The van der Waals surface area contributed by atoms with Gasteiger partial charge in [0.05, 0.1) is 24.7 Å². The van der Waals surface area contributed by atoms with E-state index in [-0.39, 0.29) is 11.9 Å². The summed E-state index contributed by atoms with van der Waals surface area (Å²) in [5.41, 5.74) is 2.88. The largest absolute Gasteiger partial charge is 0.338 e. The summed E-state index contributed by atoms with van der Waals surface area (Å²) < 4.78 is 3.90. The lowest BCUT2D eigenvalue weighted by Crippen LogP contribution is -2.39. The predicted octanol–water partition coefficient (Wildman–Crippen LogP) is 2.07. The molecule has 1 atom stereocenters. The van der Waals surface area contributed by atoms with Crippen molar-refractivity contribution < 1.29 is 4.79 Å². The Morgan fingerprint density at radius 3 is 3.04 bits per heavy atom. The summed E-state index contributed by atoms with van der Waals surface area (Å²) in [6.07, 6.45) is 10.1. The maximum Gasteiger partial charge on any atom is 0.228 e. The summed E-state index contributed by atoms with van der Waals surface area (Å²) in [7, 11) is 0. The molecule has 0 bridgehead atoms. The molecule has 6 nitrogen and oxygen atoms in total. The molecule has 4 heterocycles. The van der Waals surface area contributed by atoms with Gasteiger partial charge in [0.2, 0.25) is 5.91 Å². The number of nitrogens with zero attached hydrogens (tertiary/aromatic N) is 5. The molecule has 4 rings (SSSR count). The van der Waals surface area contributed by atoms with Gasteiger partial charge < -0.3 is 9.30 Å². The van der Waals surface area contributed by atoms with Gasteiger partial charge in [0, 0.05) is 31.3 Å². The van der Waals surface area contributed by atoms with E-state index in [0.717, 1.165) is 42.8 Å². The van der Waals surface area contributed by atoms with Crippen LogP contribution in [0.1, 0.15) is 24.1 Å². The van der Waals surface area contributed by atoms with Crippen LogP contribution in [0.15, 0.2) is 43.0 Å². The van der Waals surface area contributed by atoms with Gasteiger partial charge in [-0.1, -0.05) is 6.07 Å². The Hall–Kier alpha value is -2.63. The third kappa shape index (κ3) is 2.79. The van der Waals surface area contributed by atoms with Crippen LogP contribution in [0.3, 0.4) is 0 Å². The number of aromatic nitrogens is 4. The molecule has 124 valence electrons. The predicted molar refractivity (Wildman–Crippen MR) is 90.6 cm³/mol. The molecule has 1 aliphatic heterocycles. The normalized spacial score (nSPS) is 17.7. The number of hydrogen-bond donors (Lipinski definition) is 0. The van der Waals surface area contributed by atoms with Crippen molar-refractivity contribution in [3.63, 3.8) is 0 Å². The smallest absolute Gasteiger partial charge is 0.228 e. The first-order valence-electron chi connectivity index (χ1n) is 8.41. The summed E-state index contributed by atoms with van der Waals surface area (Å²) in [6, 6.07) is 6.18. The summed E-state index contributed by atoms with van der Waals surface area (Å²) in [5.74, 6) is 0.158. The van der Waals surface area contributed by atoms with Gasteiger partial charge in [0.1, 0.15) is 5.65 Å². The highest BCUT2D eigenvalue weighted by Crippen LogP contribution is 2.20. The van der Waals surface area contributed by atoms with Gasteiger partial charge in [-0.3, -0.25) is 9.48 Å². The van der Waals surface area contributed by atoms with Gasteiger partial charge in [-0.15, -0.1) is 0 Å². The Balaban J connectivity index is 1.49. The molecule has 3 aromatic heterocycles. The van der Waals surface area contributed by atoms with E-state index in [9.17, 15) is 4.79 Å². The van der Waals surface area contributed by atoms with Crippen LogP contribution in [-0.2, 0) is 17.8 Å². The lowest BCUT2D eigenvalue weighted by molar-refractivity contribution is -0.131.